The molecule has 0 unspecified atom stereocenters. The van der Waals surface area contributed by atoms with Crippen molar-refractivity contribution in [2.24, 2.45) is 0 Å². The van der Waals surface area contributed by atoms with Gasteiger partial charge in [0.1, 0.15) is 5.82 Å². The average Bonchev–Trinajstić information content (AvgIpc) is 2.52. The molecule has 0 bridgehead atoms. The van der Waals surface area contributed by atoms with E-state index in [1.165, 1.54) is 12.5 Å². The number of aryl methyl sites for hydroxylation is 1. The Balaban J connectivity index is 2.68. The van der Waals surface area contributed by atoms with Crippen molar-refractivity contribution < 1.29 is 8.81 Å². The minimum Gasteiger partial charge on any atom is -0.443 e. The number of nitrogens with zero attached hydrogens (tertiary/aromatic N) is 1. The van der Waals surface area contributed by atoms with Crippen LogP contribution in [0.3, 0.4) is 0 Å². The Morgan fingerprint density at radius 2 is 2.21 bits per heavy atom. The molecule has 0 saturated carbocycles. The fourth-order valence-electron chi connectivity index (χ4n) is 1.26. The van der Waals surface area contributed by atoms with Crippen LogP contribution in [0.4, 0.5) is 4.39 Å². The quantitative estimate of drug-likeness (QED) is 0.722. The highest BCUT2D eigenvalue weighted by Crippen LogP contribution is 2.31. The highest BCUT2D eigenvalue weighted by Gasteiger charge is 2.15. The van der Waals surface area contributed by atoms with Gasteiger partial charge in [-0.3, -0.25) is 0 Å². The Morgan fingerprint density at radius 3 is 2.79 bits per heavy atom. The summed E-state index contributed by atoms with van der Waals surface area (Å²) in [5.74, 6) is -0.0227. The highest BCUT2D eigenvalue weighted by atomic mass is 35.5. The number of hydrogen-bond acceptors (Lipinski definition) is 2. The molecule has 0 aliphatic rings. The number of halogens is 2. The van der Waals surface area contributed by atoms with Gasteiger partial charge in [0.05, 0.1) is 16.3 Å². The summed E-state index contributed by atoms with van der Waals surface area (Å²) >= 11 is 5.87. The molecule has 72 valence electrons. The van der Waals surface area contributed by atoms with Gasteiger partial charge < -0.3 is 4.42 Å². The van der Waals surface area contributed by atoms with Crippen LogP contribution in [0.5, 0.6) is 0 Å². The zero-order valence-electron chi connectivity index (χ0n) is 7.42. The summed E-state index contributed by atoms with van der Waals surface area (Å²) in [6.45, 7) is 1.74. The molecule has 0 fully saturated rings. The lowest BCUT2D eigenvalue weighted by atomic mass is 10.1. The lowest BCUT2D eigenvalue weighted by molar-refractivity contribution is 0.561. The van der Waals surface area contributed by atoms with Crippen LogP contribution in [0.1, 0.15) is 5.69 Å². The van der Waals surface area contributed by atoms with Crippen molar-refractivity contribution in [2.45, 2.75) is 6.92 Å². The van der Waals surface area contributed by atoms with Gasteiger partial charge in [-0.2, -0.15) is 0 Å². The Hall–Kier alpha value is -1.35. The largest absolute Gasteiger partial charge is 0.443 e. The first-order valence-electron chi connectivity index (χ1n) is 4.04. The number of oxazole rings is 1. The zero-order valence-corrected chi connectivity index (χ0v) is 8.18. The third kappa shape index (κ3) is 1.40. The molecule has 2 nitrogen and oxygen atoms in total. The van der Waals surface area contributed by atoms with Crippen molar-refractivity contribution in [3.8, 4) is 11.3 Å². The van der Waals surface area contributed by atoms with Crippen LogP contribution in [0.25, 0.3) is 11.3 Å². The van der Waals surface area contributed by atoms with Crippen LogP contribution in [-0.2, 0) is 0 Å². The minimum atomic E-state index is -0.405. The number of benzene rings is 1. The highest BCUT2D eigenvalue weighted by molar-refractivity contribution is 6.33. The fraction of sp³-hybridized carbons (Fsp3) is 0.100. The molecule has 1 aromatic heterocycles. The van der Waals surface area contributed by atoms with Gasteiger partial charge in [0, 0.05) is 0 Å². The first-order chi connectivity index (χ1) is 6.70. The van der Waals surface area contributed by atoms with Gasteiger partial charge in [0.25, 0.3) is 0 Å². The van der Waals surface area contributed by atoms with Crippen LogP contribution in [0.15, 0.2) is 29.0 Å². The standard InChI is InChI=1S/C10H7ClFNO/c1-6-10(14-5-13-6)9-7(11)3-2-4-8(9)12/h2-5H,1H3. The zero-order chi connectivity index (χ0) is 10.1. The molecule has 14 heavy (non-hydrogen) atoms. The first kappa shape index (κ1) is 9.21. The maximum absolute atomic E-state index is 13.4. The smallest absolute Gasteiger partial charge is 0.181 e. The maximum atomic E-state index is 13.4. The second-order valence-electron chi connectivity index (χ2n) is 2.86. The number of hydrogen-bond donors (Lipinski definition) is 0. The van der Waals surface area contributed by atoms with Gasteiger partial charge in [0.15, 0.2) is 12.2 Å². The van der Waals surface area contributed by atoms with Gasteiger partial charge >= 0.3 is 0 Å². The minimum absolute atomic E-state index is 0.268. The maximum Gasteiger partial charge on any atom is 0.181 e. The van der Waals surface area contributed by atoms with Gasteiger partial charge in [-0.25, -0.2) is 9.37 Å². The summed E-state index contributed by atoms with van der Waals surface area (Å²) in [4.78, 5) is 3.88. The van der Waals surface area contributed by atoms with Gasteiger partial charge in [-0.05, 0) is 19.1 Å². The molecule has 0 aliphatic heterocycles. The van der Waals surface area contributed by atoms with Crippen molar-refractivity contribution in [3.05, 3.63) is 41.1 Å². The summed E-state index contributed by atoms with van der Waals surface area (Å²) in [7, 11) is 0. The SMILES string of the molecule is Cc1ncoc1-c1c(F)cccc1Cl. The lowest BCUT2D eigenvalue weighted by Crippen LogP contribution is -1.86. The van der Waals surface area contributed by atoms with Crippen molar-refractivity contribution in [1.29, 1.82) is 0 Å². The lowest BCUT2D eigenvalue weighted by Gasteiger charge is -2.02. The predicted molar refractivity (Wildman–Crippen MR) is 51.6 cm³/mol. The summed E-state index contributed by atoms with van der Waals surface area (Å²) in [5.41, 5.74) is 0.890. The Morgan fingerprint density at radius 1 is 1.43 bits per heavy atom. The molecule has 0 radical (unpaired) electrons. The topological polar surface area (TPSA) is 26.0 Å². The first-order valence-corrected chi connectivity index (χ1v) is 4.42. The van der Waals surface area contributed by atoms with Gasteiger partial charge in [-0.1, -0.05) is 17.7 Å². The molecule has 2 aromatic rings. The van der Waals surface area contributed by atoms with E-state index in [0.717, 1.165) is 0 Å². The third-order valence-corrected chi connectivity index (χ3v) is 2.25. The van der Waals surface area contributed by atoms with E-state index in [1.54, 1.807) is 19.1 Å². The van der Waals surface area contributed by atoms with E-state index in [2.05, 4.69) is 4.98 Å². The van der Waals surface area contributed by atoms with E-state index in [9.17, 15) is 4.39 Å². The van der Waals surface area contributed by atoms with Gasteiger partial charge in [-0.15, -0.1) is 0 Å². The number of aromatic nitrogens is 1. The second-order valence-corrected chi connectivity index (χ2v) is 3.27. The summed E-state index contributed by atoms with van der Waals surface area (Å²) in [5, 5.41) is 0.324. The normalized spacial score (nSPS) is 10.5. The molecule has 4 heteroatoms. The van der Waals surface area contributed by atoms with E-state index >= 15 is 0 Å². The molecule has 1 aromatic carbocycles. The number of rotatable bonds is 1. The van der Waals surface area contributed by atoms with E-state index in [-0.39, 0.29) is 5.56 Å². The van der Waals surface area contributed by atoms with Crippen molar-refractivity contribution in [3.63, 3.8) is 0 Å². The van der Waals surface area contributed by atoms with E-state index in [1.807, 2.05) is 0 Å². The molecule has 0 spiro atoms. The third-order valence-electron chi connectivity index (χ3n) is 1.94. The molecular formula is C10H7ClFNO. The summed E-state index contributed by atoms with van der Waals surface area (Å²) in [6.07, 6.45) is 1.27. The summed E-state index contributed by atoms with van der Waals surface area (Å²) < 4.78 is 18.5. The van der Waals surface area contributed by atoms with Crippen molar-refractivity contribution >= 4 is 11.6 Å². The molecule has 0 saturated heterocycles. The molecule has 0 atom stereocenters. The monoisotopic (exact) mass is 211 g/mol. The van der Waals surface area contributed by atoms with Crippen LogP contribution >= 0.6 is 11.6 Å². The van der Waals surface area contributed by atoms with Gasteiger partial charge in [0.2, 0.25) is 0 Å². The van der Waals surface area contributed by atoms with Crippen molar-refractivity contribution in [2.75, 3.05) is 0 Å². The predicted octanol–water partition coefficient (Wildman–Crippen LogP) is 3.44. The second kappa shape index (κ2) is 3.42. The molecule has 2 rings (SSSR count). The summed E-state index contributed by atoms with van der Waals surface area (Å²) in [6, 6.07) is 4.50. The Kier molecular flexibility index (Phi) is 2.25. The van der Waals surface area contributed by atoms with Crippen LogP contribution < -0.4 is 0 Å². The van der Waals surface area contributed by atoms with Crippen LogP contribution in [0.2, 0.25) is 5.02 Å². The Bertz CT molecular complexity index is 447. The van der Waals surface area contributed by atoms with E-state index in [4.69, 9.17) is 16.0 Å². The molecule has 0 amide bonds. The fourth-order valence-corrected chi connectivity index (χ4v) is 1.51. The molecule has 0 aliphatic carbocycles. The molecule has 0 N–H and O–H groups in total. The molecular weight excluding hydrogens is 205 g/mol. The van der Waals surface area contributed by atoms with Crippen molar-refractivity contribution in [1.82, 2.24) is 4.98 Å². The van der Waals surface area contributed by atoms with Crippen LogP contribution in [0, 0.1) is 12.7 Å². The van der Waals surface area contributed by atoms with E-state index in [0.29, 0.717) is 16.5 Å². The van der Waals surface area contributed by atoms with E-state index < -0.39 is 5.82 Å². The molecule has 1 heterocycles. The van der Waals surface area contributed by atoms with Crippen LogP contribution in [-0.4, -0.2) is 4.98 Å². The Labute approximate surface area is 85.3 Å². The average molecular weight is 212 g/mol.